The lowest BCUT2D eigenvalue weighted by Gasteiger charge is -2.06. The molecule has 3 rings (SSSR count). The fourth-order valence-corrected chi connectivity index (χ4v) is 2.51. The molecule has 0 unspecified atom stereocenters. The van der Waals surface area contributed by atoms with Crippen molar-refractivity contribution >= 4 is 29.0 Å². The van der Waals surface area contributed by atoms with E-state index in [1.54, 1.807) is 35.2 Å². The highest BCUT2D eigenvalue weighted by atomic mass is 35.5. The average Bonchev–Trinajstić information content (AvgIpc) is 2.96. The lowest BCUT2D eigenvalue weighted by molar-refractivity contribution is 0.535. The normalized spacial score (nSPS) is 10.9. The number of nitrogens with zero attached hydrogens (tertiary/aromatic N) is 2. The SMILES string of the molecule is Cc1occc1-c1cc(N)n(-c2ccc(Cl)cc2Cl)n1. The molecule has 2 aromatic heterocycles. The van der Waals surface area contributed by atoms with Gasteiger partial charge in [-0.05, 0) is 31.2 Å². The molecule has 0 aliphatic carbocycles. The van der Waals surface area contributed by atoms with Gasteiger partial charge in [0.15, 0.2) is 0 Å². The molecule has 3 aromatic rings. The summed E-state index contributed by atoms with van der Waals surface area (Å²) < 4.78 is 6.86. The molecule has 0 saturated carbocycles. The van der Waals surface area contributed by atoms with Crippen LogP contribution in [0, 0.1) is 6.92 Å². The predicted octanol–water partition coefficient (Wildman–Crippen LogP) is 4.33. The molecule has 0 aliphatic rings. The Kier molecular flexibility index (Phi) is 3.20. The third-order valence-electron chi connectivity index (χ3n) is 3.01. The first-order valence-electron chi connectivity index (χ1n) is 5.91. The van der Waals surface area contributed by atoms with Crippen LogP contribution in [-0.4, -0.2) is 9.78 Å². The highest BCUT2D eigenvalue weighted by molar-refractivity contribution is 6.35. The Morgan fingerprint density at radius 3 is 2.65 bits per heavy atom. The number of hydrogen-bond donors (Lipinski definition) is 1. The van der Waals surface area contributed by atoms with Crippen LogP contribution >= 0.6 is 23.2 Å². The minimum atomic E-state index is 0.489. The number of halogens is 2. The Morgan fingerprint density at radius 2 is 2.00 bits per heavy atom. The van der Waals surface area contributed by atoms with Crippen LogP contribution in [0.15, 0.2) is 41.0 Å². The monoisotopic (exact) mass is 307 g/mol. The summed E-state index contributed by atoms with van der Waals surface area (Å²) in [5.74, 6) is 1.28. The molecule has 0 fully saturated rings. The van der Waals surface area contributed by atoms with Crippen molar-refractivity contribution < 1.29 is 4.42 Å². The Labute approximate surface area is 125 Å². The third kappa shape index (κ3) is 2.17. The van der Waals surface area contributed by atoms with Crippen LogP contribution < -0.4 is 5.73 Å². The molecular weight excluding hydrogens is 297 g/mol. The topological polar surface area (TPSA) is 57.0 Å². The molecule has 0 amide bonds. The van der Waals surface area contributed by atoms with E-state index in [9.17, 15) is 0 Å². The Bertz CT molecular complexity index is 777. The summed E-state index contributed by atoms with van der Waals surface area (Å²) >= 11 is 12.1. The number of nitrogens with two attached hydrogens (primary N) is 1. The summed E-state index contributed by atoms with van der Waals surface area (Å²) in [5.41, 5.74) is 8.34. The van der Waals surface area contributed by atoms with Gasteiger partial charge in [0.05, 0.1) is 22.7 Å². The Balaban J connectivity index is 2.12. The van der Waals surface area contributed by atoms with Gasteiger partial charge >= 0.3 is 0 Å². The summed E-state index contributed by atoms with van der Waals surface area (Å²) in [6.45, 7) is 1.87. The standard InChI is InChI=1S/C14H11Cl2N3O/c1-8-10(4-5-20-8)12-7-14(17)19(18-12)13-3-2-9(15)6-11(13)16/h2-7H,17H2,1H3. The van der Waals surface area contributed by atoms with Gasteiger partial charge in [0.1, 0.15) is 11.6 Å². The second-order valence-electron chi connectivity index (χ2n) is 4.35. The number of furan rings is 1. The van der Waals surface area contributed by atoms with Crippen LogP contribution in [0.25, 0.3) is 16.9 Å². The lowest BCUT2D eigenvalue weighted by atomic mass is 10.2. The first-order chi connectivity index (χ1) is 9.56. The first kappa shape index (κ1) is 13.1. The van der Waals surface area contributed by atoms with Gasteiger partial charge in [-0.15, -0.1) is 0 Å². The van der Waals surface area contributed by atoms with Crippen LogP contribution in [0.4, 0.5) is 5.82 Å². The zero-order valence-electron chi connectivity index (χ0n) is 10.6. The fraction of sp³-hybridized carbons (Fsp3) is 0.0714. The second-order valence-corrected chi connectivity index (χ2v) is 5.20. The number of aryl methyl sites for hydroxylation is 1. The van der Waals surface area contributed by atoms with Crippen molar-refractivity contribution in [3.63, 3.8) is 0 Å². The van der Waals surface area contributed by atoms with Gasteiger partial charge in [-0.2, -0.15) is 5.10 Å². The first-order valence-corrected chi connectivity index (χ1v) is 6.67. The molecule has 0 atom stereocenters. The molecule has 20 heavy (non-hydrogen) atoms. The van der Waals surface area contributed by atoms with Gasteiger partial charge in [-0.3, -0.25) is 0 Å². The van der Waals surface area contributed by atoms with E-state index in [4.69, 9.17) is 33.4 Å². The van der Waals surface area contributed by atoms with Crippen LogP contribution in [-0.2, 0) is 0 Å². The molecule has 4 nitrogen and oxygen atoms in total. The zero-order chi connectivity index (χ0) is 14.3. The van der Waals surface area contributed by atoms with Crippen molar-refractivity contribution in [2.24, 2.45) is 0 Å². The molecule has 1 aromatic carbocycles. The molecule has 0 saturated heterocycles. The number of benzene rings is 1. The second kappa shape index (κ2) is 4.89. The van der Waals surface area contributed by atoms with Crippen molar-refractivity contribution in [1.29, 1.82) is 0 Å². The molecule has 102 valence electrons. The van der Waals surface area contributed by atoms with Gasteiger partial charge in [0, 0.05) is 16.7 Å². The molecule has 2 heterocycles. The van der Waals surface area contributed by atoms with Crippen molar-refractivity contribution in [2.45, 2.75) is 6.92 Å². The minimum Gasteiger partial charge on any atom is -0.469 e. The van der Waals surface area contributed by atoms with E-state index < -0.39 is 0 Å². The van der Waals surface area contributed by atoms with Gasteiger partial charge in [-0.25, -0.2) is 4.68 Å². The molecule has 0 radical (unpaired) electrons. The highest BCUT2D eigenvalue weighted by Crippen LogP contribution is 2.30. The largest absolute Gasteiger partial charge is 0.469 e. The summed E-state index contributed by atoms with van der Waals surface area (Å²) in [4.78, 5) is 0. The average molecular weight is 308 g/mol. The maximum Gasteiger partial charge on any atom is 0.127 e. The predicted molar refractivity (Wildman–Crippen MR) is 80.4 cm³/mol. The van der Waals surface area contributed by atoms with Crippen molar-refractivity contribution in [1.82, 2.24) is 9.78 Å². The van der Waals surface area contributed by atoms with Gasteiger partial charge in [0.2, 0.25) is 0 Å². The van der Waals surface area contributed by atoms with E-state index in [1.807, 2.05) is 13.0 Å². The Hall–Kier alpha value is -1.91. The molecule has 0 spiro atoms. The van der Waals surface area contributed by atoms with Crippen molar-refractivity contribution in [3.8, 4) is 16.9 Å². The lowest BCUT2D eigenvalue weighted by Crippen LogP contribution is -2.02. The molecule has 0 aliphatic heterocycles. The fourth-order valence-electron chi connectivity index (χ4n) is 2.02. The van der Waals surface area contributed by atoms with Crippen LogP contribution in [0.3, 0.4) is 0 Å². The van der Waals surface area contributed by atoms with Crippen molar-refractivity contribution in [3.05, 3.63) is 52.4 Å². The van der Waals surface area contributed by atoms with Crippen LogP contribution in [0.5, 0.6) is 0 Å². The van der Waals surface area contributed by atoms with Gasteiger partial charge in [0.25, 0.3) is 0 Å². The number of rotatable bonds is 2. The summed E-state index contributed by atoms with van der Waals surface area (Å²) in [5, 5.41) is 5.53. The van der Waals surface area contributed by atoms with Crippen molar-refractivity contribution in [2.75, 3.05) is 5.73 Å². The van der Waals surface area contributed by atoms with E-state index in [1.165, 1.54) is 0 Å². The number of aromatic nitrogens is 2. The quantitative estimate of drug-likeness (QED) is 0.766. The molecule has 2 N–H and O–H groups in total. The van der Waals surface area contributed by atoms with Gasteiger partial charge in [-0.1, -0.05) is 23.2 Å². The van der Waals surface area contributed by atoms with Gasteiger partial charge < -0.3 is 10.2 Å². The summed E-state index contributed by atoms with van der Waals surface area (Å²) in [6.07, 6.45) is 1.62. The molecular formula is C14H11Cl2N3O. The summed E-state index contributed by atoms with van der Waals surface area (Å²) in [6, 6.07) is 8.81. The molecule has 0 bridgehead atoms. The van der Waals surface area contributed by atoms with E-state index >= 15 is 0 Å². The number of nitrogen functional groups attached to an aromatic ring is 1. The number of anilines is 1. The maximum atomic E-state index is 6.18. The molecule has 6 heteroatoms. The van der Waals surface area contributed by atoms with E-state index in [-0.39, 0.29) is 0 Å². The van der Waals surface area contributed by atoms with Crippen LogP contribution in [0.1, 0.15) is 5.76 Å². The van der Waals surface area contributed by atoms with E-state index in [0.29, 0.717) is 21.6 Å². The number of hydrogen-bond acceptors (Lipinski definition) is 3. The van der Waals surface area contributed by atoms with E-state index in [0.717, 1.165) is 17.0 Å². The Morgan fingerprint density at radius 1 is 1.20 bits per heavy atom. The summed E-state index contributed by atoms with van der Waals surface area (Å²) in [7, 11) is 0. The third-order valence-corrected chi connectivity index (χ3v) is 3.55. The maximum absolute atomic E-state index is 6.18. The highest BCUT2D eigenvalue weighted by Gasteiger charge is 2.14. The van der Waals surface area contributed by atoms with Crippen LogP contribution in [0.2, 0.25) is 10.0 Å². The smallest absolute Gasteiger partial charge is 0.127 e. The minimum absolute atomic E-state index is 0.489. The zero-order valence-corrected chi connectivity index (χ0v) is 12.1. The van der Waals surface area contributed by atoms with E-state index in [2.05, 4.69) is 5.10 Å².